The molecule has 2 heteroatoms. The summed E-state index contributed by atoms with van der Waals surface area (Å²) in [5.74, 6) is 2.73. The zero-order valence-electron chi connectivity index (χ0n) is 10.2. The maximum atomic E-state index is 5.46. The minimum Gasteiger partial charge on any atom is -0.297 e. The SMILES string of the molecule is C#CC(C)(C)NCc1ccnc2ccccc12. The van der Waals surface area contributed by atoms with Gasteiger partial charge in [0.2, 0.25) is 0 Å². The van der Waals surface area contributed by atoms with Crippen LogP contribution in [0.5, 0.6) is 0 Å². The largest absolute Gasteiger partial charge is 0.297 e. The Labute approximate surface area is 102 Å². The molecule has 2 nitrogen and oxygen atoms in total. The number of pyridine rings is 1. The van der Waals surface area contributed by atoms with E-state index in [0.717, 1.165) is 12.1 Å². The highest BCUT2D eigenvalue weighted by molar-refractivity contribution is 5.81. The Kier molecular flexibility index (Phi) is 3.12. The highest BCUT2D eigenvalue weighted by Crippen LogP contribution is 2.16. The fraction of sp³-hybridized carbons (Fsp3) is 0.267. The van der Waals surface area contributed by atoms with Crippen molar-refractivity contribution < 1.29 is 0 Å². The Bertz CT molecular complexity index is 559. The molecule has 0 saturated carbocycles. The van der Waals surface area contributed by atoms with Crippen LogP contribution in [0, 0.1) is 12.3 Å². The van der Waals surface area contributed by atoms with Gasteiger partial charge in [-0.3, -0.25) is 10.3 Å². The number of hydrogen-bond donors (Lipinski definition) is 1. The smallest absolute Gasteiger partial charge is 0.0743 e. The van der Waals surface area contributed by atoms with Crippen molar-refractivity contribution in [1.29, 1.82) is 0 Å². The standard InChI is InChI=1S/C15H16N2/c1-4-15(2,3)17-11-12-9-10-16-14-8-6-5-7-13(12)14/h1,5-10,17H,11H2,2-3H3. The molecule has 0 saturated heterocycles. The lowest BCUT2D eigenvalue weighted by Gasteiger charge is -2.20. The molecular weight excluding hydrogens is 208 g/mol. The van der Waals surface area contributed by atoms with Gasteiger partial charge in [0, 0.05) is 18.1 Å². The predicted molar refractivity (Wildman–Crippen MR) is 71.5 cm³/mol. The number of aromatic nitrogens is 1. The van der Waals surface area contributed by atoms with Gasteiger partial charge in [-0.15, -0.1) is 6.42 Å². The Morgan fingerprint density at radius 1 is 1.29 bits per heavy atom. The third-order valence-electron chi connectivity index (χ3n) is 2.82. The molecule has 1 N–H and O–H groups in total. The topological polar surface area (TPSA) is 24.9 Å². The third kappa shape index (κ3) is 2.64. The first kappa shape index (κ1) is 11.6. The van der Waals surface area contributed by atoms with Gasteiger partial charge in [-0.25, -0.2) is 0 Å². The van der Waals surface area contributed by atoms with Crippen LogP contribution in [0.3, 0.4) is 0 Å². The normalized spacial score (nSPS) is 11.4. The Morgan fingerprint density at radius 3 is 2.82 bits per heavy atom. The van der Waals surface area contributed by atoms with Gasteiger partial charge in [0.25, 0.3) is 0 Å². The molecule has 2 aromatic rings. The first-order chi connectivity index (χ1) is 8.12. The lowest BCUT2D eigenvalue weighted by atomic mass is 10.0. The van der Waals surface area contributed by atoms with Gasteiger partial charge >= 0.3 is 0 Å². The summed E-state index contributed by atoms with van der Waals surface area (Å²) in [6.07, 6.45) is 7.29. The molecule has 17 heavy (non-hydrogen) atoms. The zero-order valence-corrected chi connectivity index (χ0v) is 10.2. The van der Waals surface area contributed by atoms with E-state index in [1.54, 1.807) is 0 Å². The molecule has 86 valence electrons. The van der Waals surface area contributed by atoms with E-state index in [4.69, 9.17) is 6.42 Å². The molecule has 0 aliphatic heterocycles. The van der Waals surface area contributed by atoms with Gasteiger partial charge in [-0.05, 0) is 31.5 Å². The fourth-order valence-corrected chi connectivity index (χ4v) is 1.68. The van der Waals surface area contributed by atoms with E-state index >= 15 is 0 Å². The number of hydrogen-bond acceptors (Lipinski definition) is 2. The maximum Gasteiger partial charge on any atom is 0.0743 e. The lowest BCUT2D eigenvalue weighted by molar-refractivity contribution is 0.492. The van der Waals surface area contributed by atoms with Crippen LogP contribution in [0.25, 0.3) is 10.9 Å². The van der Waals surface area contributed by atoms with Crippen molar-refractivity contribution in [3.63, 3.8) is 0 Å². The van der Waals surface area contributed by atoms with E-state index in [0.29, 0.717) is 0 Å². The van der Waals surface area contributed by atoms with Crippen LogP contribution >= 0.6 is 0 Å². The minimum absolute atomic E-state index is 0.287. The summed E-state index contributed by atoms with van der Waals surface area (Å²) in [5.41, 5.74) is 1.95. The molecule has 2 rings (SSSR count). The number of para-hydroxylation sites is 1. The molecule has 1 heterocycles. The highest BCUT2D eigenvalue weighted by atomic mass is 14.9. The highest BCUT2D eigenvalue weighted by Gasteiger charge is 2.12. The summed E-state index contributed by atoms with van der Waals surface area (Å²) >= 11 is 0. The first-order valence-electron chi connectivity index (χ1n) is 5.68. The molecule has 0 bridgehead atoms. The molecule has 0 fully saturated rings. The molecule has 0 radical (unpaired) electrons. The zero-order chi connectivity index (χ0) is 12.3. The van der Waals surface area contributed by atoms with E-state index in [1.807, 2.05) is 44.3 Å². The quantitative estimate of drug-likeness (QED) is 0.811. The van der Waals surface area contributed by atoms with E-state index in [9.17, 15) is 0 Å². The van der Waals surface area contributed by atoms with Crippen LogP contribution < -0.4 is 5.32 Å². The third-order valence-corrected chi connectivity index (χ3v) is 2.82. The van der Waals surface area contributed by atoms with Crippen molar-refractivity contribution in [1.82, 2.24) is 10.3 Å². The second-order valence-electron chi connectivity index (χ2n) is 4.61. The van der Waals surface area contributed by atoms with Crippen LogP contribution in [0.1, 0.15) is 19.4 Å². The predicted octanol–water partition coefficient (Wildman–Crippen LogP) is 2.74. The Balaban J connectivity index is 2.28. The van der Waals surface area contributed by atoms with Crippen LogP contribution in [-0.4, -0.2) is 10.5 Å². The van der Waals surface area contributed by atoms with Gasteiger partial charge in [-0.2, -0.15) is 0 Å². The van der Waals surface area contributed by atoms with Crippen molar-refractivity contribution in [3.8, 4) is 12.3 Å². The van der Waals surface area contributed by atoms with Crippen molar-refractivity contribution in [2.45, 2.75) is 25.9 Å². The fourth-order valence-electron chi connectivity index (χ4n) is 1.68. The number of fused-ring (bicyclic) bond motifs is 1. The summed E-state index contributed by atoms with van der Waals surface area (Å²) in [7, 11) is 0. The van der Waals surface area contributed by atoms with Crippen molar-refractivity contribution in [2.75, 3.05) is 0 Å². The summed E-state index contributed by atoms with van der Waals surface area (Å²) in [6, 6.07) is 10.2. The molecule has 0 aliphatic rings. The molecule has 0 aliphatic carbocycles. The van der Waals surface area contributed by atoms with Crippen LogP contribution in [0.15, 0.2) is 36.5 Å². The molecule has 0 atom stereocenters. The summed E-state index contributed by atoms with van der Waals surface area (Å²) < 4.78 is 0. The number of terminal acetylenes is 1. The number of rotatable bonds is 3. The van der Waals surface area contributed by atoms with E-state index < -0.39 is 0 Å². The van der Waals surface area contributed by atoms with Crippen LogP contribution in [0.2, 0.25) is 0 Å². The molecule has 0 unspecified atom stereocenters. The number of nitrogens with one attached hydrogen (secondary N) is 1. The maximum absolute atomic E-state index is 5.46. The molecule has 0 spiro atoms. The van der Waals surface area contributed by atoms with Gasteiger partial charge in [0.15, 0.2) is 0 Å². The average Bonchev–Trinajstić information content (AvgIpc) is 2.36. The Morgan fingerprint density at radius 2 is 2.06 bits per heavy atom. The molecule has 0 amide bonds. The molecule has 1 aromatic carbocycles. The van der Waals surface area contributed by atoms with E-state index in [-0.39, 0.29) is 5.54 Å². The lowest BCUT2D eigenvalue weighted by Crippen LogP contribution is -2.36. The van der Waals surface area contributed by atoms with Crippen molar-refractivity contribution in [3.05, 3.63) is 42.1 Å². The second-order valence-corrected chi connectivity index (χ2v) is 4.61. The van der Waals surface area contributed by atoms with Gasteiger partial charge < -0.3 is 0 Å². The van der Waals surface area contributed by atoms with Gasteiger partial charge in [0.1, 0.15) is 0 Å². The van der Waals surface area contributed by atoms with Gasteiger partial charge in [0.05, 0.1) is 11.1 Å². The number of benzene rings is 1. The van der Waals surface area contributed by atoms with Gasteiger partial charge in [-0.1, -0.05) is 24.1 Å². The first-order valence-corrected chi connectivity index (χ1v) is 5.68. The monoisotopic (exact) mass is 224 g/mol. The summed E-state index contributed by atoms with van der Waals surface area (Å²) in [4.78, 5) is 4.34. The summed E-state index contributed by atoms with van der Waals surface area (Å²) in [5, 5.41) is 4.53. The minimum atomic E-state index is -0.287. The average molecular weight is 224 g/mol. The van der Waals surface area contributed by atoms with Crippen LogP contribution in [0.4, 0.5) is 0 Å². The molecule has 1 aromatic heterocycles. The number of nitrogens with zero attached hydrogens (tertiary/aromatic N) is 1. The van der Waals surface area contributed by atoms with Crippen molar-refractivity contribution in [2.24, 2.45) is 0 Å². The van der Waals surface area contributed by atoms with E-state index in [2.05, 4.69) is 22.3 Å². The second kappa shape index (κ2) is 4.57. The summed E-state index contributed by atoms with van der Waals surface area (Å²) in [6.45, 7) is 4.74. The van der Waals surface area contributed by atoms with Crippen molar-refractivity contribution >= 4 is 10.9 Å². The Hall–Kier alpha value is -1.85. The molecular formula is C15H16N2. The van der Waals surface area contributed by atoms with E-state index in [1.165, 1.54) is 10.9 Å². The van der Waals surface area contributed by atoms with Crippen LogP contribution in [-0.2, 0) is 6.54 Å².